The van der Waals surface area contributed by atoms with Crippen LogP contribution in [0, 0.1) is 16.7 Å². The van der Waals surface area contributed by atoms with Crippen molar-refractivity contribution in [3.63, 3.8) is 0 Å². The maximum absolute atomic E-state index is 12.5. The molecule has 27 heavy (non-hydrogen) atoms. The summed E-state index contributed by atoms with van der Waals surface area (Å²) in [5.41, 5.74) is 12.4. The Morgan fingerprint density at radius 3 is 2.30 bits per heavy atom. The van der Waals surface area contributed by atoms with Crippen molar-refractivity contribution >= 4 is 23.8 Å². The van der Waals surface area contributed by atoms with E-state index in [0.29, 0.717) is 6.42 Å². The second kappa shape index (κ2) is 7.19. The van der Waals surface area contributed by atoms with Crippen LogP contribution < -0.4 is 11.5 Å². The summed E-state index contributed by atoms with van der Waals surface area (Å²) in [6.07, 6.45) is 5.82. The van der Waals surface area contributed by atoms with Crippen molar-refractivity contribution in [2.75, 3.05) is 0 Å². The van der Waals surface area contributed by atoms with Crippen LogP contribution in [0.25, 0.3) is 0 Å². The van der Waals surface area contributed by atoms with Crippen LogP contribution in [-0.2, 0) is 9.59 Å². The molecule has 0 spiro atoms. The molecule has 6 heteroatoms. The first kappa shape index (κ1) is 21.9. The van der Waals surface area contributed by atoms with E-state index >= 15 is 0 Å². The fourth-order valence-corrected chi connectivity index (χ4v) is 5.36. The zero-order chi connectivity index (χ0) is 20.8. The Bertz CT molecular complexity index is 703. The highest BCUT2D eigenvalue weighted by Gasteiger charge is 2.60. The summed E-state index contributed by atoms with van der Waals surface area (Å²) < 4.78 is 2.24. The largest absolute Gasteiger partial charge is 0.369 e. The molecule has 1 fully saturated rings. The summed E-state index contributed by atoms with van der Waals surface area (Å²) in [5, 5.41) is 0. The van der Waals surface area contributed by atoms with Crippen molar-refractivity contribution in [1.82, 2.24) is 4.31 Å². The third-order valence-electron chi connectivity index (χ3n) is 6.37. The Balaban J connectivity index is 2.62. The van der Waals surface area contributed by atoms with Crippen LogP contribution in [0.15, 0.2) is 22.3 Å². The van der Waals surface area contributed by atoms with E-state index in [2.05, 4.69) is 38.2 Å². The highest BCUT2D eigenvalue weighted by Crippen LogP contribution is 2.61. The molecule has 2 aliphatic rings. The lowest BCUT2D eigenvalue weighted by molar-refractivity contribution is -0.135. The van der Waals surface area contributed by atoms with Crippen molar-refractivity contribution in [1.29, 1.82) is 0 Å². The van der Waals surface area contributed by atoms with Gasteiger partial charge in [0.05, 0.1) is 11.3 Å². The minimum atomic E-state index is -0.805. The van der Waals surface area contributed by atoms with E-state index in [1.54, 1.807) is 11.9 Å². The van der Waals surface area contributed by atoms with Gasteiger partial charge in [0.2, 0.25) is 11.8 Å². The Morgan fingerprint density at radius 2 is 1.85 bits per heavy atom. The smallest absolute Gasteiger partial charge is 0.225 e. The number of unbranched alkanes of at least 4 members (excludes halogenated alkanes) is 1. The highest BCUT2D eigenvalue weighted by molar-refractivity contribution is 8.01. The number of primary amides is 2. The Kier molecular flexibility index (Phi) is 5.82. The fourth-order valence-electron chi connectivity index (χ4n) is 4.13. The molecule has 0 aromatic carbocycles. The van der Waals surface area contributed by atoms with Crippen LogP contribution in [-0.4, -0.2) is 21.7 Å². The molecular weight excluding hydrogens is 358 g/mol. The van der Waals surface area contributed by atoms with Gasteiger partial charge in [-0.25, -0.2) is 0 Å². The Labute approximate surface area is 168 Å². The van der Waals surface area contributed by atoms with Gasteiger partial charge in [0, 0.05) is 16.6 Å². The zero-order valence-electron chi connectivity index (χ0n) is 17.8. The summed E-state index contributed by atoms with van der Waals surface area (Å²) in [4.78, 5) is 26.0. The molecule has 0 aromatic rings. The van der Waals surface area contributed by atoms with Gasteiger partial charge in [-0.1, -0.05) is 27.2 Å². The normalized spacial score (nSPS) is 30.6. The van der Waals surface area contributed by atoms with Crippen LogP contribution in [0.4, 0.5) is 0 Å². The molecule has 0 radical (unpaired) electrons. The number of hydrogen-bond donors (Lipinski definition) is 2. The van der Waals surface area contributed by atoms with Gasteiger partial charge in [0.25, 0.3) is 0 Å². The second-order valence-corrected chi connectivity index (χ2v) is 10.6. The molecule has 2 rings (SSSR count). The van der Waals surface area contributed by atoms with E-state index in [4.69, 9.17) is 11.5 Å². The van der Waals surface area contributed by atoms with E-state index in [9.17, 15) is 9.59 Å². The average molecular weight is 394 g/mol. The lowest BCUT2D eigenvalue weighted by Gasteiger charge is -2.37. The summed E-state index contributed by atoms with van der Waals surface area (Å²) in [7, 11) is 0. The lowest BCUT2D eigenvalue weighted by atomic mass is 9.65. The standard InChI is InChI=1S/C21H35N3O2S/c1-8-9-10-13-12-24(19(2,3)4)27-16(13)14-11-21(7,18(23)26)20(5,6)15(14)17(22)25/h12,15H,8-11H2,1-7H3,(H2,22,25)(H2,23,26). The number of nitrogens with two attached hydrogens (primary N) is 2. The molecule has 2 atom stereocenters. The summed E-state index contributed by atoms with van der Waals surface area (Å²) in [6, 6.07) is 0. The van der Waals surface area contributed by atoms with Gasteiger partial charge >= 0.3 is 0 Å². The minimum Gasteiger partial charge on any atom is -0.369 e. The van der Waals surface area contributed by atoms with Gasteiger partial charge in [-0.2, -0.15) is 0 Å². The van der Waals surface area contributed by atoms with Crippen LogP contribution in [0.2, 0.25) is 0 Å². The van der Waals surface area contributed by atoms with Crippen molar-refractivity contribution in [2.24, 2.45) is 28.2 Å². The maximum atomic E-state index is 12.5. The van der Waals surface area contributed by atoms with Crippen molar-refractivity contribution < 1.29 is 9.59 Å². The first-order chi connectivity index (χ1) is 12.3. The number of allylic oxidation sites excluding steroid dienone is 1. The molecule has 4 N–H and O–H groups in total. The maximum Gasteiger partial charge on any atom is 0.225 e. The van der Waals surface area contributed by atoms with Gasteiger partial charge in [-0.3, -0.25) is 9.59 Å². The molecule has 1 heterocycles. The van der Waals surface area contributed by atoms with Gasteiger partial charge in [0.1, 0.15) is 0 Å². The van der Waals surface area contributed by atoms with E-state index in [0.717, 1.165) is 29.7 Å². The first-order valence-electron chi connectivity index (χ1n) is 9.78. The topological polar surface area (TPSA) is 89.4 Å². The Hall–Kier alpha value is -1.43. The van der Waals surface area contributed by atoms with Crippen LogP contribution in [0.1, 0.15) is 74.1 Å². The molecule has 1 aliphatic heterocycles. The zero-order valence-corrected chi connectivity index (χ0v) is 18.6. The van der Waals surface area contributed by atoms with Crippen molar-refractivity contribution in [3.05, 3.63) is 22.3 Å². The molecular formula is C21H35N3O2S. The average Bonchev–Trinajstić information content (AvgIpc) is 3.03. The summed E-state index contributed by atoms with van der Waals surface area (Å²) in [5.74, 6) is -1.25. The predicted octanol–water partition coefficient (Wildman–Crippen LogP) is 4.10. The molecule has 2 amide bonds. The van der Waals surface area contributed by atoms with E-state index in [1.807, 2.05) is 20.8 Å². The number of nitrogens with zero attached hydrogens (tertiary/aromatic N) is 1. The highest BCUT2D eigenvalue weighted by atomic mass is 32.2. The lowest BCUT2D eigenvalue weighted by Crippen LogP contribution is -2.47. The summed E-state index contributed by atoms with van der Waals surface area (Å²) in [6.45, 7) is 14.4. The molecule has 1 aliphatic carbocycles. The minimum absolute atomic E-state index is 0.0478. The molecule has 0 bridgehead atoms. The first-order valence-corrected chi connectivity index (χ1v) is 10.5. The van der Waals surface area contributed by atoms with Gasteiger partial charge in [-0.15, -0.1) is 0 Å². The molecule has 0 saturated heterocycles. The number of rotatable bonds is 5. The SMILES string of the molecule is CCCCC1=CN(C(C)(C)C)SC1=C1CC(C)(C(N)=O)C(C)(C)C1C(N)=O. The Morgan fingerprint density at radius 1 is 1.26 bits per heavy atom. The molecule has 2 unspecified atom stereocenters. The van der Waals surface area contributed by atoms with Crippen LogP contribution in [0.3, 0.4) is 0 Å². The number of amides is 2. The molecule has 5 nitrogen and oxygen atoms in total. The fraction of sp³-hybridized carbons (Fsp3) is 0.714. The van der Waals surface area contributed by atoms with Crippen molar-refractivity contribution in [3.8, 4) is 0 Å². The van der Waals surface area contributed by atoms with Crippen LogP contribution in [0.5, 0.6) is 0 Å². The monoisotopic (exact) mass is 393 g/mol. The number of carbonyl (C=O) groups is 2. The third-order valence-corrected chi connectivity index (χ3v) is 7.93. The summed E-state index contributed by atoms with van der Waals surface area (Å²) >= 11 is 1.67. The van der Waals surface area contributed by atoms with E-state index in [1.165, 1.54) is 5.57 Å². The van der Waals surface area contributed by atoms with Crippen molar-refractivity contribution in [2.45, 2.75) is 79.7 Å². The van der Waals surface area contributed by atoms with Gasteiger partial charge in [0.15, 0.2) is 0 Å². The van der Waals surface area contributed by atoms with Gasteiger partial charge in [-0.05, 0) is 75.5 Å². The number of carbonyl (C=O) groups excluding carboxylic acids is 2. The number of hydrogen-bond acceptors (Lipinski definition) is 4. The van der Waals surface area contributed by atoms with Gasteiger partial charge < -0.3 is 15.8 Å². The second-order valence-electron chi connectivity index (χ2n) is 9.63. The molecule has 152 valence electrons. The van der Waals surface area contributed by atoms with Crippen LogP contribution >= 0.6 is 11.9 Å². The van der Waals surface area contributed by atoms with E-state index < -0.39 is 16.7 Å². The molecule has 0 aromatic heterocycles. The molecule has 1 saturated carbocycles. The third kappa shape index (κ3) is 3.65. The van der Waals surface area contributed by atoms with E-state index in [-0.39, 0.29) is 17.4 Å². The quantitative estimate of drug-likeness (QED) is 0.688. The predicted molar refractivity (Wildman–Crippen MR) is 112 cm³/mol.